The van der Waals surface area contributed by atoms with Crippen molar-refractivity contribution in [3.05, 3.63) is 47.5 Å². The maximum atomic E-state index is 13.4. The van der Waals surface area contributed by atoms with Crippen LogP contribution in [0, 0.1) is 5.82 Å². The summed E-state index contributed by atoms with van der Waals surface area (Å²) in [5, 5.41) is 3.39. The highest BCUT2D eigenvalue weighted by molar-refractivity contribution is 7.91. The van der Waals surface area contributed by atoms with Crippen molar-refractivity contribution in [2.45, 2.75) is 6.43 Å². The standard InChI is InChI=1S/C12H11F3N4O3S/c1-19-6-7(10(16-19)11(14)15)12(20)18-23(21,22)17-9-5-3-2-4-8(9)13/h2-6,11,17H,1H3,(H,18,20). The highest BCUT2D eigenvalue weighted by Crippen LogP contribution is 2.21. The first-order chi connectivity index (χ1) is 10.7. The molecule has 1 aromatic carbocycles. The molecule has 7 nitrogen and oxygen atoms in total. The Hall–Kier alpha value is -2.56. The van der Waals surface area contributed by atoms with Crippen molar-refractivity contribution >= 4 is 21.8 Å². The average molecular weight is 348 g/mol. The first-order valence-corrected chi connectivity index (χ1v) is 7.59. The third-order valence-corrected chi connectivity index (χ3v) is 3.60. The summed E-state index contributed by atoms with van der Waals surface area (Å²) in [6.07, 6.45) is -2.10. The van der Waals surface area contributed by atoms with E-state index in [9.17, 15) is 26.4 Å². The Morgan fingerprint density at radius 1 is 1.30 bits per heavy atom. The number of aryl methyl sites for hydroxylation is 1. The van der Waals surface area contributed by atoms with Crippen LogP contribution in [0.15, 0.2) is 30.5 Å². The number of nitrogens with zero attached hydrogens (tertiary/aromatic N) is 2. The second kappa shape index (κ2) is 6.28. The van der Waals surface area contributed by atoms with Crippen LogP contribution < -0.4 is 9.44 Å². The fraction of sp³-hybridized carbons (Fsp3) is 0.167. The lowest BCUT2D eigenvalue weighted by Crippen LogP contribution is -2.35. The van der Waals surface area contributed by atoms with Gasteiger partial charge < -0.3 is 0 Å². The summed E-state index contributed by atoms with van der Waals surface area (Å²) in [5.74, 6) is -2.17. The minimum atomic E-state index is -4.51. The predicted molar refractivity (Wildman–Crippen MR) is 74.6 cm³/mol. The third kappa shape index (κ3) is 4.00. The molecular formula is C12H11F3N4O3S. The van der Waals surface area contributed by atoms with Crippen molar-refractivity contribution in [3.63, 3.8) is 0 Å². The van der Waals surface area contributed by atoms with Crippen molar-refractivity contribution in [2.75, 3.05) is 4.72 Å². The average Bonchev–Trinajstić information content (AvgIpc) is 2.83. The molecule has 0 saturated heterocycles. The number of aromatic nitrogens is 2. The topological polar surface area (TPSA) is 93.1 Å². The fourth-order valence-electron chi connectivity index (χ4n) is 1.73. The molecule has 2 N–H and O–H groups in total. The highest BCUT2D eigenvalue weighted by Gasteiger charge is 2.25. The van der Waals surface area contributed by atoms with Crippen molar-refractivity contribution in [1.29, 1.82) is 0 Å². The minimum Gasteiger partial charge on any atom is -0.275 e. The molecule has 0 radical (unpaired) electrons. The van der Waals surface area contributed by atoms with Crippen LogP contribution in [-0.2, 0) is 17.3 Å². The van der Waals surface area contributed by atoms with Gasteiger partial charge in [-0.15, -0.1) is 0 Å². The number of para-hydroxylation sites is 1. The smallest absolute Gasteiger partial charge is 0.275 e. The summed E-state index contributed by atoms with van der Waals surface area (Å²) in [6, 6.07) is 4.86. The van der Waals surface area contributed by atoms with Crippen LogP contribution in [0.2, 0.25) is 0 Å². The van der Waals surface area contributed by atoms with Crippen LogP contribution in [-0.4, -0.2) is 24.1 Å². The van der Waals surface area contributed by atoms with E-state index in [1.54, 1.807) is 4.72 Å². The Kier molecular flexibility index (Phi) is 4.59. The summed E-state index contributed by atoms with van der Waals surface area (Å²) in [6.45, 7) is 0. The van der Waals surface area contributed by atoms with Crippen molar-refractivity contribution < 1.29 is 26.4 Å². The lowest BCUT2D eigenvalue weighted by atomic mass is 10.2. The van der Waals surface area contributed by atoms with Gasteiger partial charge in [0.15, 0.2) is 0 Å². The second-order valence-corrected chi connectivity index (χ2v) is 5.83. The van der Waals surface area contributed by atoms with Gasteiger partial charge in [-0.1, -0.05) is 12.1 Å². The summed E-state index contributed by atoms with van der Waals surface area (Å²) in [7, 11) is -3.21. The van der Waals surface area contributed by atoms with Crippen molar-refractivity contribution in [2.24, 2.45) is 7.05 Å². The zero-order valence-corrected chi connectivity index (χ0v) is 12.4. The third-order valence-electron chi connectivity index (χ3n) is 2.65. The zero-order chi connectivity index (χ0) is 17.2. The predicted octanol–water partition coefficient (Wildman–Crippen LogP) is 1.58. The molecule has 2 rings (SSSR count). The van der Waals surface area contributed by atoms with Crippen LogP contribution in [0.1, 0.15) is 22.5 Å². The molecule has 2 aromatic rings. The van der Waals surface area contributed by atoms with Gasteiger partial charge in [-0.05, 0) is 12.1 Å². The molecule has 0 unspecified atom stereocenters. The maximum absolute atomic E-state index is 13.4. The molecule has 1 aromatic heterocycles. The molecule has 1 amide bonds. The summed E-state index contributed by atoms with van der Waals surface area (Å²) >= 11 is 0. The molecule has 0 fully saturated rings. The van der Waals surface area contributed by atoms with E-state index >= 15 is 0 Å². The van der Waals surface area contributed by atoms with Crippen molar-refractivity contribution in [3.8, 4) is 0 Å². The number of carbonyl (C=O) groups is 1. The number of nitrogens with one attached hydrogen (secondary N) is 2. The quantitative estimate of drug-likeness (QED) is 0.858. The number of alkyl halides is 2. The number of hydrogen-bond acceptors (Lipinski definition) is 4. The van der Waals surface area contributed by atoms with Gasteiger partial charge in [0.2, 0.25) is 0 Å². The van der Waals surface area contributed by atoms with Crippen LogP contribution >= 0.6 is 0 Å². The fourth-order valence-corrected chi connectivity index (χ4v) is 2.59. The Morgan fingerprint density at radius 2 is 1.96 bits per heavy atom. The van der Waals surface area contributed by atoms with Crippen LogP contribution in [0.3, 0.4) is 0 Å². The van der Waals surface area contributed by atoms with Crippen LogP contribution in [0.25, 0.3) is 0 Å². The number of hydrogen-bond donors (Lipinski definition) is 2. The maximum Gasteiger partial charge on any atom is 0.324 e. The first kappa shape index (κ1) is 16.8. The summed E-state index contributed by atoms with van der Waals surface area (Å²) in [5.41, 5.74) is -1.85. The number of halogens is 3. The molecule has 0 aliphatic heterocycles. The van der Waals surface area contributed by atoms with E-state index < -0.39 is 45.3 Å². The molecule has 11 heteroatoms. The van der Waals surface area contributed by atoms with E-state index in [0.717, 1.165) is 23.0 Å². The lowest BCUT2D eigenvalue weighted by molar-refractivity contribution is 0.0966. The van der Waals surface area contributed by atoms with Gasteiger partial charge in [0.25, 0.3) is 12.3 Å². The Bertz CT molecular complexity index is 836. The van der Waals surface area contributed by atoms with Crippen LogP contribution in [0.5, 0.6) is 0 Å². The van der Waals surface area contributed by atoms with Gasteiger partial charge in [0.05, 0.1) is 11.3 Å². The van der Waals surface area contributed by atoms with E-state index in [1.165, 1.54) is 23.9 Å². The Morgan fingerprint density at radius 3 is 2.57 bits per heavy atom. The number of benzene rings is 1. The molecule has 0 bridgehead atoms. The van der Waals surface area contributed by atoms with Gasteiger partial charge in [-0.25, -0.2) is 17.9 Å². The molecule has 23 heavy (non-hydrogen) atoms. The van der Waals surface area contributed by atoms with Crippen molar-refractivity contribution in [1.82, 2.24) is 14.5 Å². The van der Waals surface area contributed by atoms with Gasteiger partial charge in [-0.2, -0.15) is 13.5 Å². The number of amides is 1. The summed E-state index contributed by atoms with van der Waals surface area (Å²) < 4.78 is 66.8. The minimum absolute atomic E-state index is 0.395. The first-order valence-electron chi connectivity index (χ1n) is 6.10. The van der Waals surface area contributed by atoms with E-state index in [0.29, 0.717) is 0 Å². The number of carbonyl (C=O) groups excluding carboxylic acids is 1. The molecule has 0 aliphatic carbocycles. The summed E-state index contributed by atoms with van der Waals surface area (Å²) in [4.78, 5) is 11.9. The molecule has 0 atom stereocenters. The van der Waals surface area contributed by atoms with E-state index in [4.69, 9.17) is 0 Å². The normalized spacial score (nSPS) is 11.5. The SMILES string of the molecule is Cn1cc(C(=O)NS(=O)(=O)Nc2ccccc2F)c(C(F)F)n1. The monoisotopic (exact) mass is 348 g/mol. The Labute approximate surface area is 129 Å². The largest absolute Gasteiger partial charge is 0.324 e. The van der Waals surface area contributed by atoms with Gasteiger partial charge in [-0.3, -0.25) is 14.2 Å². The Balaban J connectivity index is 2.21. The molecule has 0 aliphatic rings. The molecular weight excluding hydrogens is 337 g/mol. The van der Waals surface area contributed by atoms with Gasteiger partial charge >= 0.3 is 10.2 Å². The molecule has 1 heterocycles. The van der Waals surface area contributed by atoms with Gasteiger partial charge in [0.1, 0.15) is 11.5 Å². The van der Waals surface area contributed by atoms with Gasteiger partial charge in [0, 0.05) is 13.2 Å². The number of anilines is 1. The van der Waals surface area contributed by atoms with Crippen LogP contribution in [0.4, 0.5) is 18.9 Å². The molecule has 0 spiro atoms. The van der Waals surface area contributed by atoms with E-state index in [-0.39, 0.29) is 0 Å². The zero-order valence-electron chi connectivity index (χ0n) is 11.6. The molecule has 124 valence electrons. The second-order valence-electron chi connectivity index (χ2n) is 4.42. The van der Waals surface area contributed by atoms with E-state index in [1.807, 2.05) is 0 Å². The highest BCUT2D eigenvalue weighted by atomic mass is 32.2. The molecule has 0 saturated carbocycles. The van der Waals surface area contributed by atoms with E-state index in [2.05, 4.69) is 5.10 Å². The number of rotatable bonds is 5. The lowest BCUT2D eigenvalue weighted by Gasteiger charge is -2.09.